The Morgan fingerprint density at radius 2 is 1.62 bits per heavy atom. The molecular weight excluding hydrogens is 405 g/mol. The fraction of sp³-hybridized carbons (Fsp3) is 0.429. The summed E-state index contributed by atoms with van der Waals surface area (Å²) >= 11 is 0. The molecule has 0 aromatic carbocycles. The van der Waals surface area contributed by atoms with Gasteiger partial charge in [-0.2, -0.15) is 13.2 Å². The number of aliphatic hydroxyl groups is 1. The van der Waals surface area contributed by atoms with Crippen LogP contribution in [0.5, 0.6) is 5.75 Å². The molecule has 0 bridgehead atoms. The molecule has 0 aliphatic rings. The van der Waals surface area contributed by atoms with Gasteiger partial charge in [-0.15, -0.1) is 15.7 Å². The summed E-state index contributed by atoms with van der Waals surface area (Å²) in [5.41, 5.74) is 1.78. The number of aromatic nitrogens is 2. The van der Waals surface area contributed by atoms with Crippen molar-refractivity contribution in [2.24, 2.45) is 0 Å². The lowest BCUT2D eigenvalue weighted by atomic mass is 10.2. The Morgan fingerprint density at radius 3 is 2.24 bits per heavy atom. The monoisotopic (exact) mass is 422 g/mol. The van der Waals surface area contributed by atoms with E-state index in [9.17, 15) is 32.3 Å². The number of ketones is 2. The lowest BCUT2D eigenvalue weighted by Crippen LogP contribution is -2.50. The summed E-state index contributed by atoms with van der Waals surface area (Å²) in [6.45, 7) is -2.38. The first-order valence-corrected chi connectivity index (χ1v) is 7.86. The molecule has 160 valence electrons. The number of hydrogen-bond donors (Lipinski definition) is 5. The van der Waals surface area contributed by atoms with Gasteiger partial charge in [-0.05, 0) is 7.05 Å². The topological polar surface area (TPSA) is 172 Å². The predicted molar refractivity (Wildman–Crippen MR) is 86.5 cm³/mol. The molecule has 2 amide bonds. The maximum atomic E-state index is 13.4. The lowest BCUT2D eigenvalue weighted by molar-refractivity contribution is -0.136. The number of carbonyl (C=O) groups excluding carboxylic acids is 4. The minimum absolute atomic E-state index is 0.201. The summed E-state index contributed by atoms with van der Waals surface area (Å²) in [5.74, 6) is -10.0. The van der Waals surface area contributed by atoms with Crippen LogP contribution in [0.15, 0.2) is 0 Å². The van der Waals surface area contributed by atoms with Gasteiger partial charge in [-0.3, -0.25) is 19.2 Å². The zero-order valence-corrected chi connectivity index (χ0v) is 14.9. The average molecular weight is 422 g/mol. The summed E-state index contributed by atoms with van der Waals surface area (Å²) in [4.78, 5) is 50.5. The van der Waals surface area contributed by atoms with Crippen molar-refractivity contribution in [1.29, 1.82) is 0 Å². The summed E-state index contributed by atoms with van der Waals surface area (Å²) in [5, 5.41) is 20.9. The molecule has 0 aliphatic carbocycles. The molecule has 5 N–H and O–H groups in total. The number of halogens is 3. The fourth-order valence-electron chi connectivity index (χ4n) is 1.64. The lowest BCUT2D eigenvalue weighted by Gasteiger charge is -2.16. The van der Waals surface area contributed by atoms with E-state index in [4.69, 9.17) is 5.11 Å². The highest BCUT2D eigenvalue weighted by Gasteiger charge is 2.23. The minimum atomic E-state index is -1.82. The Hall–Kier alpha value is -3.17. The maximum absolute atomic E-state index is 13.4. The maximum Gasteiger partial charge on any atom is 0.280 e. The van der Waals surface area contributed by atoms with Crippen molar-refractivity contribution in [2.75, 3.05) is 33.3 Å². The molecule has 0 saturated carbocycles. The van der Waals surface area contributed by atoms with Gasteiger partial charge in [0.15, 0.2) is 0 Å². The Labute approximate surface area is 161 Å². The molecule has 1 aromatic heterocycles. The quantitative estimate of drug-likeness (QED) is 0.170. The summed E-state index contributed by atoms with van der Waals surface area (Å²) in [7, 11) is 1.46. The molecule has 0 aliphatic heterocycles. The van der Waals surface area contributed by atoms with Gasteiger partial charge < -0.3 is 25.9 Å². The Bertz CT molecular complexity index is 780. The van der Waals surface area contributed by atoms with Gasteiger partial charge in [0.25, 0.3) is 11.9 Å². The van der Waals surface area contributed by atoms with Gasteiger partial charge in [-0.25, -0.2) is 0 Å². The number of nitrogens with zero attached hydrogens (tertiary/aromatic N) is 2. The van der Waals surface area contributed by atoms with Crippen LogP contribution in [0.25, 0.3) is 0 Å². The standard InChI is InChI=1S/C14H17F3N6O6/c1-18-2-7(25)8(26)3-19-9(27)4-20-14(28)6(5-24)23-29-11-10(15)12(16)21-22-13(11)17/h6,18,23-24H,2-5H2,1H3,(H,19,27)(H,20,28)/t6-/m0/s1. The summed E-state index contributed by atoms with van der Waals surface area (Å²) in [6, 6.07) is -1.61. The Balaban J connectivity index is 2.49. The molecule has 1 heterocycles. The Morgan fingerprint density at radius 1 is 1.00 bits per heavy atom. The SMILES string of the molecule is CNCC(=O)C(=O)CNC(=O)CNC(=O)[C@H](CO)NOc1c(F)nnc(F)c1F. The summed E-state index contributed by atoms with van der Waals surface area (Å²) < 4.78 is 39.6. The number of aliphatic hydroxyl groups excluding tert-OH is 1. The van der Waals surface area contributed by atoms with Crippen molar-refractivity contribution >= 4 is 23.4 Å². The largest absolute Gasteiger partial charge is 0.400 e. The highest BCUT2D eigenvalue weighted by molar-refractivity contribution is 6.39. The molecule has 15 heteroatoms. The Kier molecular flexibility index (Phi) is 9.57. The molecule has 12 nitrogen and oxygen atoms in total. The molecule has 0 fully saturated rings. The van der Waals surface area contributed by atoms with Crippen LogP contribution in [0.2, 0.25) is 0 Å². The van der Waals surface area contributed by atoms with E-state index in [0.29, 0.717) is 0 Å². The van der Waals surface area contributed by atoms with E-state index < -0.39 is 72.6 Å². The number of hydrogen-bond acceptors (Lipinski definition) is 10. The van der Waals surface area contributed by atoms with Crippen molar-refractivity contribution in [1.82, 2.24) is 31.6 Å². The normalized spacial score (nSPS) is 11.5. The van der Waals surface area contributed by atoms with Crippen LogP contribution in [-0.4, -0.2) is 78.0 Å². The average Bonchev–Trinajstić information content (AvgIpc) is 2.70. The van der Waals surface area contributed by atoms with Gasteiger partial charge >= 0.3 is 0 Å². The molecule has 0 radical (unpaired) electrons. The number of hydroxylamine groups is 1. The number of carbonyl (C=O) groups is 4. The number of nitrogens with one attached hydrogen (secondary N) is 4. The van der Waals surface area contributed by atoms with Crippen LogP contribution in [0.3, 0.4) is 0 Å². The molecule has 1 aromatic rings. The van der Waals surface area contributed by atoms with E-state index in [2.05, 4.69) is 25.7 Å². The zero-order valence-electron chi connectivity index (χ0n) is 14.9. The van der Waals surface area contributed by atoms with Crippen molar-refractivity contribution in [3.63, 3.8) is 0 Å². The van der Waals surface area contributed by atoms with Gasteiger partial charge in [-0.1, -0.05) is 0 Å². The third-order valence-electron chi connectivity index (χ3n) is 3.11. The first-order valence-electron chi connectivity index (χ1n) is 7.86. The van der Waals surface area contributed by atoms with E-state index in [-0.39, 0.29) is 6.54 Å². The van der Waals surface area contributed by atoms with Crippen LogP contribution < -0.4 is 26.3 Å². The third kappa shape index (κ3) is 7.40. The van der Waals surface area contributed by atoms with Crippen molar-refractivity contribution in [3.8, 4) is 5.75 Å². The first-order chi connectivity index (χ1) is 13.7. The number of Topliss-reactive ketones (excluding diaryl/α,β-unsaturated/α-hetero) is 2. The van der Waals surface area contributed by atoms with Crippen LogP contribution >= 0.6 is 0 Å². The van der Waals surface area contributed by atoms with Crippen molar-refractivity contribution < 1.29 is 42.3 Å². The number of rotatable bonds is 12. The van der Waals surface area contributed by atoms with Crippen LogP contribution in [0.4, 0.5) is 13.2 Å². The van der Waals surface area contributed by atoms with Gasteiger partial charge in [0.05, 0.1) is 26.2 Å². The highest BCUT2D eigenvalue weighted by atomic mass is 19.2. The zero-order chi connectivity index (χ0) is 22.0. The van der Waals surface area contributed by atoms with Crippen LogP contribution in [0.1, 0.15) is 0 Å². The van der Waals surface area contributed by atoms with E-state index in [1.165, 1.54) is 7.05 Å². The third-order valence-corrected chi connectivity index (χ3v) is 3.11. The first kappa shape index (κ1) is 23.9. The van der Waals surface area contributed by atoms with Crippen molar-refractivity contribution in [3.05, 3.63) is 17.7 Å². The molecule has 0 saturated heterocycles. The van der Waals surface area contributed by atoms with Crippen LogP contribution in [-0.2, 0) is 19.2 Å². The molecule has 0 spiro atoms. The second kappa shape index (κ2) is 11.6. The van der Waals surface area contributed by atoms with E-state index in [1.807, 2.05) is 5.32 Å². The molecule has 0 unspecified atom stereocenters. The van der Waals surface area contributed by atoms with Gasteiger partial charge in [0.1, 0.15) is 6.04 Å². The number of amides is 2. The van der Waals surface area contributed by atoms with E-state index in [0.717, 1.165) is 0 Å². The predicted octanol–water partition coefficient (Wildman–Crippen LogP) is -3.27. The highest BCUT2D eigenvalue weighted by Crippen LogP contribution is 2.19. The summed E-state index contributed by atoms with van der Waals surface area (Å²) in [6.07, 6.45) is 0. The van der Waals surface area contributed by atoms with E-state index >= 15 is 0 Å². The smallest absolute Gasteiger partial charge is 0.280 e. The second-order valence-electron chi connectivity index (χ2n) is 5.25. The fourth-order valence-corrected chi connectivity index (χ4v) is 1.64. The van der Waals surface area contributed by atoms with Crippen LogP contribution in [0, 0.1) is 17.7 Å². The van der Waals surface area contributed by atoms with E-state index in [1.54, 1.807) is 5.48 Å². The van der Waals surface area contributed by atoms with Crippen molar-refractivity contribution in [2.45, 2.75) is 6.04 Å². The molecule has 1 rings (SSSR count). The number of likely N-dealkylation sites (N-methyl/N-ethyl adjacent to an activating group) is 1. The van der Waals surface area contributed by atoms with Gasteiger partial charge in [0, 0.05) is 0 Å². The second-order valence-corrected chi connectivity index (χ2v) is 5.25. The molecule has 1 atom stereocenters. The molecule has 29 heavy (non-hydrogen) atoms. The minimum Gasteiger partial charge on any atom is -0.400 e. The van der Waals surface area contributed by atoms with Gasteiger partial charge in [0.2, 0.25) is 34.9 Å². The molecular formula is C14H17F3N6O6.